The molecule has 1 heterocycles. The van der Waals surface area contributed by atoms with Crippen LogP contribution in [0.2, 0.25) is 0 Å². The molecule has 0 saturated heterocycles. The van der Waals surface area contributed by atoms with Gasteiger partial charge in [0.1, 0.15) is 11.5 Å². The summed E-state index contributed by atoms with van der Waals surface area (Å²) in [6.45, 7) is 2.37. The molecule has 3 aromatic carbocycles. The number of ether oxygens (including phenoxy) is 1. The molecule has 3 aromatic rings. The summed E-state index contributed by atoms with van der Waals surface area (Å²) in [5.41, 5.74) is 4.45. The summed E-state index contributed by atoms with van der Waals surface area (Å²) in [5, 5.41) is 0. The second kappa shape index (κ2) is 9.17. The van der Waals surface area contributed by atoms with Crippen molar-refractivity contribution in [3.8, 4) is 5.75 Å². The average Bonchev–Trinajstić information content (AvgIpc) is 2.79. The smallest absolute Gasteiger partial charge is 0.264 e. The SMILES string of the molecule is COc1ccc(CC(=O)Cc2ccc3c(c2)N(S(=O)(=O)c2ccc(C)cc2)CCC3)cc1. The van der Waals surface area contributed by atoms with Crippen molar-refractivity contribution in [1.29, 1.82) is 0 Å². The third-order valence-electron chi connectivity index (χ3n) is 5.80. The summed E-state index contributed by atoms with van der Waals surface area (Å²) in [4.78, 5) is 13.0. The molecule has 0 amide bonds. The Morgan fingerprint density at radius 1 is 0.938 bits per heavy atom. The van der Waals surface area contributed by atoms with Crippen molar-refractivity contribution < 1.29 is 17.9 Å². The van der Waals surface area contributed by atoms with E-state index in [1.807, 2.05) is 61.5 Å². The number of hydrogen-bond acceptors (Lipinski definition) is 4. The Kier molecular flexibility index (Phi) is 6.33. The van der Waals surface area contributed by atoms with Crippen LogP contribution in [0.3, 0.4) is 0 Å². The van der Waals surface area contributed by atoms with Gasteiger partial charge < -0.3 is 4.74 Å². The molecule has 1 aliphatic heterocycles. The highest BCUT2D eigenvalue weighted by molar-refractivity contribution is 7.92. The predicted octanol–water partition coefficient (Wildman–Crippen LogP) is 4.50. The third kappa shape index (κ3) is 4.70. The fraction of sp³-hybridized carbons (Fsp3) is 0.269. The van der Waals surface area contributed by atoms with Crippen LogP contribution in [0.4, 0.5) is 5.69 Å². The Morgan fingerprint density at radius 3 is 2.28 bits per heavy atom. The molecule has 5 nitrogen and oxygen atoms in total. The first-order chi connectivity index (χ1) is 15.4. The first-order valence-corrected chi connectivity index (χ1v) is 12.2. The Labute approximate surface area is 189 Å². The van der Waals surface area contributed by atoms with Gasteiger partial charge in [0.05, 0.1) is 17.7 Å². The summed E-state index contributed by atoms with van der Waals surface area (Å²) in [7, 11) is -2.05. The number of ketones is 1. The highest BCUT2D eigenvalue weighted by Gasteiger charge is 2.29. The first kappa shape index (κ1) is 22.1. The fourth-order valence-electron chi connectivity index (χ4n) is 4.04. The summed E-state index contributed by atoms with van der Waals surface area (Å²) >= 11 is 0. The number of fused-ring (bicyclic) bond motifs is 1. The molecule has 0 saturated carbocycles. The second-order valence-corrected chi connectivity index (χ2v) is 10.1. The number of benzene rings is 3. The van der Waals surface area contributed by atoms with Crippen LogP contribution in [0.5, 0.6) is 5.75 Å². The van der Waals surface area contributed by atoms with Gasteiger partial charge in [-0.1, -0.05) is 42.0 Å². The molecule has 0 aliphatic carbocycles. The number of Topliss-reactive ketones (excluding diaryl/α,β-unsaturated/α-hetero) is 1. The number of nitrogens with zero attached hydrogens (tertiary/aromatic N) is 1. The van der Waals surface area contributed by atoms with Crippen LogP contribution in [-0.4, -0.2) is 27.9 Å². The van der Waals surface area contributed by atoms with Crippen molar-refractivity contribution in [2.75, 3.05) is 18.0 Å². The van der Waals surface area contributed by atoms with Crippen molar-refractivity contribution in [2.24, 2.45) is 0 Å². The molecule has 32 heavy (non-hydrogen) atoms. The quantitative estimate of drug-likeness (QED) is 0.533. The number of rotatable bonds is 7. The maximum atomic E-state index is 13.3. The zero-order valence-corrected chi connectivity index (χ0v) is 19.2. The van der Waals surface area contributed by atoms with E-state index in [-0.39, 0.29) is 17.1 Å². The molecule has 0 bridgehead atoms. The van der Waals surface area contributed by atoms with E-state index in [1.54, 1.807) is 19.2 Å². The van der Waals surface area contributed by atoms with E-state index in [4.69, 9.17) is 4.74 Å². The minimum Gasteiger partial charge on any atom is -0.497 e. The lowest BCUT2D eigenvalue weighted by Crippen LogP contribution is -2.35. The van der Waals surface area contributed by atoms with E-state index in [9.17, 15) is 13.2 Å². The van der Waals surface area contributed by atoms with Gasteiger partial charge in [-0.3, -0.25) is 9.10 Å². The van der Waals surface area contributed by atoms with Crippen LogP contribution >= 0.6 is 0 Å². The third-order valence-corrected chi connectivity index (χ3v) is 7.62. The van der Waals surface area contributed by atoms with Crippen LogP contribution in [0, 0.1) is 6.92 Å². The maximum absolute atomic E-state index is 13.3. The minimum absolute atomic E-state index is 0.0823. The fourth-order valence-corrected chi connectivity index (χ4v) is 5.58. The number of carbonyl (C=O) groups is 1. The molecular weight excluding hydrogens is 422 g/mol. The van der Waals surface area contributed by atoms with Gasteiger partial charge in [-0.05, 0) is 66.8 Å². The number of hydrogen-bond donors (Lipinski definition) is 0. The van der Waals surface area contributed by atoms with Gasteiger partial charge >= 0.3 is 0 Å². The van der Waals surface area contributed by atoms with E-state index in [2.05, 4.69) is 0 Å². The van der Waals surface area contributed by atoms with Crippen LogP contribution in [-0.2, 0) is 34.1 Å². The molecule has 0 unspecified atom stereocenters. The van der Waals surface area contributed by atoms with Crippen molar-refractivity contribution in [1.82, 2.24) is 0 Å². The average molecular weight is 450 g/mol. The van der Waals surface area contributed by atoms with Crippen molar-refractivity contribution in [2.45, 2.75) is 37.5 Å². The summed E-state index contributed by atoms with van der Waals surface area (Å²) < 4.78 is 33.3. The lowest BCUT2D eigenvalue weighted by atomic mass is 9.97. The highest BCUT2D eigenvalue weighted by Crippen LogP contribution is 2.33. The van der Waals surface area contributed by atoms with Gasteiger partial charge in [-0.15, -0.1) is 0 Å². The van der Waals surface area contributed by atoms with E-state index in [1.165, 1.54) is 4.31 Å². The molecule has 1 aliphatic rings. The second-order valence-electron chi connectivity index (χ2n) is 8.20. The lowest BCUT2D eigenvalue weighted by Gasteiger charge is -2.31. The van der Waals surface area contributed by atoms with Crippen LogP contribution in [0.1, 0.15) is 28.7 Å². The van der Waals surface area contributed by atoms with Gasteiger partial charge in [0.15, 0.2) is 0 Å². The van der Waals surface area contributed by atoms with Crippen LogP contribution in [0.25, 0.3) is 0 Å². The monoisotopic (exact) mass is 449 g/mol. The molecule has 6 heteroatoms. The number of sulfonamides is 1. The zero-order valence-electron chi connectivity index (χ0n) is 18.4. The Bertz CT molecular complexity index is 1220. The van der Waals surface area contributed by atoms with Crippen molar-refractivity contribution in [3.05, 3.63) is 89.0 Å². The van der Waals surface area contributed by atoms with Crippen molar-refractivity contribution in [3.63, 3.8) is 0 Å². The first-order valence-electron chi connectivity index (χ1n) is 10.7. The number of aryl methyl sites for hydroxylation is 2. The summed E-state index contributed by atoms with van der Waals surface area (Å²) in [5.74, 6) is 0.838. The molecule has 0 aromatic heterocycles. The predicted molar refractivity (Wildman–Crippen MR) is 126 cm³/mol. The minimum atomic E-state index is -3.66. The normalized spacial score (nSPS) is 13.5. The Balaban J connectivity index is 1.55. The number of anilines is 1. The topological polar surface area (TPSA) is 63.7 Å². The summed E-state index contributed by atoms with van der Waals surface area (Å²) in [6.07, 6.45) is 2.19. The van der Waals surface area contributed by atoms with E-state index >= 15 is 0 Å². The van der Waals surface area contributed by atoms with Crippen LogP contribution in [0.15, 0.2) is 71.6 Å². The summed E-state index contributed by atoms with van der Waals surface area (Å²) in [6, 6.07) is 20.2. The largest absolute Gasteiger partial charge is 0.497 e. The van der Waals surface area contributed by atoms with Crippen LogP contribution < -0.4 is 9.04 Å². The zero-order chi connectivity index (χ0) is 22.7. The molecule has 166 valence electrons. The Morgan fingerprint density at radius 2 is 1.59 bits per heavy atom. The van der Waals surface area contributed by atoms with Gasteiger partial charge in [-0.25, -0.2) is 8.42 Å². The maximum Gasteiger partial charge on any atom is 0.264 e. The van der Waals surface area contributed by atoms with Gasteiger partial charge in [-0.2, -0.15) is 0 Å². The molecule has 0 spiro atoms. The molecule has 0 N–H and O–H groups in total. The van der Waals surface area contributed by atoms with Gasteiger partial charge in [0, 0.05) is 19.4 Å². The number of methoxy groups -OCH3 is 1. The molecule has 4 rings (SSSR count). The van der Waals surface area contributed by atoms with E-state index in [0.29, 0.717) is 18.7 Å². The Hall–Kier alpha value is -3.12. The molecule has 0 radical (unpaired) electrons. The molecule has 0 atom stereocenters. The standard InChI is InChI=1S/C26H27NO4S/c1-19-5-13-25(14-6-19)32(29,30)27-15-3-4-22-10-7-21(18-26(22)27)17-23(28)16-20-8-11-24(31-2)12-9-20/h5-14,18H,3-4,15-17H2,1-2H3. The van der Waals surface area contributed by atoms with E-state index < -0.39 is 10.0 Å². The van der Waals surface area contributed by atoms with Crippen molar-refractivity contribution >= 4 is 21.5 Å². The van der Waals surface area contributed by atoms with Gasteiger partial charge in [0.2, 0.25) is 0 Å². The lowest BCUT2D eigenvalue weighted by molar-refractivity contribution is -0.117. The molecule has 0 fully saturated rings. The van der Waals surface area contributed by atoms with Gasteiger partial charge in [0.25, 0.3) is 10.0 Å². The molecular formula is C26H27NO4S. The number of carbonyl (C=O) groups excluding carboxylic acids is 1. The highest BCUT2D eigenvalue weighted by atomic mass is 32.2. The van der Waals surface area contributed by atoms with E-state index in [0.717, 1.165) is 40.8 Å².